The summed E-state index contributed by atoms with van der Waals surface area (Å²) < 4.78 is 0. The first-order chi connectivity index (χ1) is 4.59. The summed E-state index contributed by atoms with van der Waals surface area (Å²) in [6.07, 6.45) is 1.85. The summed E-state index contributed by atoms with van der Waals surface area (Å²) in [5, 5.41) is 9.06. The fourth-order valence-corrected chi connectivity index (χ4v) is 0.640. The maximum absolute atomic E-state index is 9.98. The highest BCUT2D eigenvalue weighted by molar-refractivity contribution is 5.66. The molecule has 2 unspecified atom stereocenters. The molecule has 0 aliphatic rings. The molecule has 58 valence electrons. The van der Waals surface area contributed by atoms with Gasteiger partial charge in [-0.25, -0.2) is 0 Å². The lowest BCUT2D eigenvalue weighted by molar-refractivity contribution is -0.104. The summed E-state index contributed by atoms with van der Waals surface area (Å²) in [5.74, 6) is 0.0743. The van der Waals surface area contributed by atoms with Crippen molar-refractivity contribution in [3.05, 3.63) is 11.6 Å². The first-order valence-corrected chi connectivity index (χ1v) is 3.39. The Bertz CT molecular complexity index is 136. The number of hydrogen-bond donors (Lipinski definition) is 1. The number of aldehydes is 1. The summed E-state index contributed by atoms with van der Waals surface area (Å²) in [6.45, 7) is 5.44. The lowest BCUT2D eigenvalue weighted by atomic mass is 9.98. The van der Waals surface area contributed by atoms with Crippen molar-refractivity contribution in [3.63, 3.8) is 0 Å². The quantitative estimate of drug-likeness (QED) is 0.474. The molecule has 0 amide bonds. The molecule has 0 saturated heterocycles. The fourth-order valence-electron chi connectivity index (χ4n) is 0.640. The van der Waals surface area contributed by atoms with E-state index in [-0.39, 0.29) is 12.0 Å². The summed E-state index contributed by atoms with van der Waals surface area (Å²) >= 11 is 0. The van der Waals surface area contributed by atoms with E-state index in [1.54, 1.807) is 6.92 Å². The van der Waals surface area contributed by atoms with Gasteiger partial charge in [0.2, 0.25) is 0 Å². The van der Waals surface area contributed by atoms with Crippen LogP contribution in [0.2, 0.25) is 0 Å². The van der Waals surface area contributed by atoms with Crippen LogP contribution < -0.4 is 0 Å². The molecule has 10 heavy (non-hydrogen) atoms. The van der Waals surface area contributed by atoms with Crippen LogP contribution in [0, 0.1) is 5.92 Å². The molecular weight excluding hydrogens is 128 g/mol. The minimum absolute atomic E-state index is 0.0743. The van der Waals surface area contributed by atoms with Crippen LogP contribution >= 0.6 is 0 Å². The average Bonchev–Trinajstić information content (AvgIpc) is 1.87. The van der Waals surface area contributed by atoms with Crippen molar-refractivity contribution >= 4 is 6.29 Å². The van der Waals surface area contributed by atoms with Gasteiger partial charge in [0.1, 0.15) is 6.29 Å². The topological polar surface area (TPSA) is 37.3 Å². The van der Waals surface area contributed by atoms with Crippen LogP contribution in [0.25, 0.3) is 0 Å². The van der Waals surface area contributed by atoms with E-state index in [1.807, 2.05) is 13.8 Å². The van der Waals surface area contributed by atoms with Gasteiger partial charge in [-0.1, -0.05) is 12.5 Å². The lowest BCUT2D eigenvalue weighted by Crippen LogP contribution is -2.13. The summed E-state index contributed by atoms with van der Waals surface area (Å²) in [6, 6.07) is 0. The minimum Gasteiger partial charge on any atom is -0.393 e. The molecule has 0 fully saturated rings. The average molecular weight is 142 g/mol. The van der Waals surface area contributed by atoms with Gasteiger partial charge < -0.3 is 5.11 Å². The minimum atomic E-state index is -0.379. The highest BCUT2D eigenvalue weighted by Crippen LogP contribution is 2.12. The second kappa shape index (κ2) is 4.23. The van der Waals surface area contributed by atoms with Crippen LogP contribution in [0.4, 0.5) is 0 Å². The van der Waals surface area contributed by atoms with Crippen LogP contribution in [0.3, 0.4) is 0 Å². The molecular formula is C8H14O2. The van der Waals surface area contributed by atoms with E-state index in [9.17, 15) is 4.79 Å². The zero-order valence-electron chi connectivity index (χ0n) is 6.66. The molecule has 0 aromatic rings. The molecule has 0 rings (SSSR count). The first kappa shape index (κ1) is 9.37. The lowest BCUT2D eigenvalue weighted by Gasteiger charge is -2.13. The number of aliphatic hydroxyl groups excluding tert-OH is 1. The number of hydrogen-bond acceptors (Lipinski definition) is 2. The standard InChI is InChI=1S/C8H14O2/c1-6(4-5-9)7(2)8(3)10/h4-5,7-8,10H,1-3H3/b6-4+. The van der Waals surface area contributed by atoms with Gasteiger partial charge in [0.15, 0.2) is 0 Å². The van der Waals surface area contributed by atoms with Crippen LogP contribution in [-0.2, 0) is 4.79 Å². The van der Waals surface area contributed by atoms with Gasteiger partial charge >= 0.3 is 0 Å². The van der Waals surface area contributed by atoms with E-state index in [2.05, 4.69) is 0 Å². The van der Waals surface area contributed by atoms with Gasteiger partial charge in [-0.15, -0.1) is 0 Å². The Hall–Kier alpha value is -0.630. The van der Waals surface area contributed by atoms with E-state index < -0.39 is 0 Å². The monoisotopic (exact) mass is 142 g/mol. The summed E-state index contributed by atoms with van der Waals surface area (Å²) in [7, 11) is 0. The molecule has 0 aliphatic heterocycles. The van der Waals surface area contributed by atoms with Crippen LogP contribution in [0.1, 0.15) is 20.8 Å². The van der Waals surface area contributed by atoms with Gasteiger partial charge in [0.05, 0.1) is 6.10 Å². The number of carbonyl (C=O) groups excluding carboxylic acids is 1. The van der Waals surface area contributed by atoms with Crippen molar-refractivity contribution in [2.45, 2.75) is 26.9 Å². The molecule has 0 aromatic carbocycles. The van der Waals surface area contributed by atoms with Crippen molar-refractivity contribution < 1.29 is 9.90 Å². The Morgan fingerprint density at radius 1 is 1.50 bits per heavy atom. The van der Waals surface area contributed by atoms with Gasteiger partial charge in [0, 0.05) is 5.92 Å². The Morgan fingerprint density at radius 2 is 2.00 bits per heavy atom. The summed E-state index contributed by atoms with van der Waals surface area (Å²) in [4.78, 5) is 9.98. The second-order valence-electron chi connectivity index (χ2n) is 2.58. The molecule has 2 nitrogen and oxygen atoms in total. The third-order valence-corrected chi connectivity index (χ3v) is 1.77. The predicted octanol–water partition coefficient (Wildman–Crippen LogP) is 1.15. The Balaban J connectivity index is 4.06. The molecule has 0 radical (unpaired) electrons. The highest BCUT2D eigenvalue weighted by atomic mass is 16.3. The maximum atomic E-state index is 9.98. The zero-order chi connectivity index (χ0) is 8.15. The SMILES string of the molecule is C/C(=C\C=O)C(C)C(C)O. The van der Waals surface area contributed by atoms with Gasteiger partial charge in [-0.05, 0) is 19.9 Å². The van der Waals surface area contributed by atoms with E-state index in [1.165, 1.54) is 6.08 Å². The van der Waals surface area contributed by atoms with Crippen molar-refractivity contribution in [3.8, 4) is 0 Å². The van der Waals surface area contributed by atoms with Gasteiger partial charge in [-0.2, -0.15) is 0 Å². The molecule has 0 bridgehead atoms. The highest BCUT2D eigenvalue weighted by Gasteiger charge is 2.09. The normalized spacial score (nSPS) is 18.2. The molecule has 0 saturated carbocycles. The van der Waals surface area contributed by atoms with Gasteiger partial charge in [-0.3, -0.25) is 4.79 Å². The number of aliphatic hydroxyl groups is 1. The molecule has 0 aliphatic carbocycles. The Labute approximate surface area is 61.6 Å². The Kier molecular flexibility index (Phi) is 3.96. The first-order valence-electron chi connectivity index (χ1n) is 3.39. The molecule has 1 N–H and O–H groups in total. The van der Waals surface area contributed by atoms with Crippen molar-refractivity contribution in [2.24, 2.45) is 5.92 Å². The van der Waals surface area contributed by atoms with E-state index >= 15 is 0 Å². The number of rotatable bonds is 3. The largest absolute Gasteiger partial charge is 0.393 e. The third-order valence-electron chi connectivity index (χ3n) is 1.77. The van der Waals surface area contributed by atoms with Crippen LogP contribution in [-0.4, -0.2) is 17.5 Å². The van der Waals surface area contributed by atoms with Crippen molar-refractivity contribution in [1.29, 1.82) is 0 Å². The van der Waals surface area contributed by atoms with Gasteiger partial charge in [0.25, 0.3) is 0 Å². The molecule has 0 aromatic heterocycles. The smallest absolute Gasteiger partial charge is 0.142 e. The van der Waals surface area contributed by atoms with E-state index in [0.717, 1.165) is 11.9 Å². The van der Waals surface area contributed by atoms with Crippen molar-refractivity contribution in [1.82, 2.24) is 0 Å². The molecule has 2 heteroatoms. The van der Waals surface area contributed by atoms with E-state index in [4.69, 9.17) is 5.11 Å². The van der Waals surface area contributed by atoms with E-state index in [0.29, 0.717) is 0 Å². The fraction of sp³-hybridized carbons (Fsp3) is 0.625. The zero-order valence-corrected chi connectivity index (χ0v) is 6.66. The molecule has 2 atom stereocenters. The van der Waals surface area contributed by atoms with Crippen molar-refractivity contribution in [2.75, 3.05) is 0 Å². The maximum Gasteiger partial charge on any atom is 0.142 e. The molecule has 0 spiro atoms. The third kappa shape index (κ3) is 2.78. The summed E-state index contributed by atoms with van der Waals surface area (Å²) in [5.41, 5.74) is 0.921. The number of allylic oxidation sites excluding steroid dienone is 1. The predicted molar refractivity (Wildman–Crippen MR) is 40.7 cm³/mol. The Morgan fingerprint density at radius 3 is 2.30 bits per heavy atom. The second-order valence-corrected chi connectivity index (χ2v) is 2.58. The molecule has 0 heterocycles. The number of carbonyl (C=O) groups is 1. The van der Waals surface area contributed by atoms with Crippen LogP contribution in [0.5, 0.6) is 0 Å². The van der Waals surface area contributed by atoms with Crippen LogP contribution in [0.15, 0.2) is 11.6 Å².